The van der Waals surface area contributed by atoms with Crippen molar-refractivity contribution in [3.05, 3.63) is 23.2 Å². The van der Waals surface area contributed by atoms with Gasteiger partial charge in [-0.2, -0.15) is 0 Å². The molecule has 0 N–H and O–H groups in total. The highest BCUT2D eigenvalue weighted by molar-refractivity contribution is 6.32. The number of benzene rings is 1. The van der Waals surface area contributed by atoms with Gasteiger partial charge in [-0.25, -0.2) is 0 Å². The fourth-order valence-electron chi connectivity index (χ4n) is 2.41. The summed E-state index contributed by atoms with van der Waals surface area (Å²) in [6.45, 7) is 2.23. The molecule has 1 aromatic carbocycles. The van der Waals surface area contributed by atoms with E-state index in [0.717, 1.165) is 31.6 Å². The van der Waals surface area contributed by atoms with Gasteiger partial charge in [0.05, 0.1) is 18.1 Å². The van der Waals surface area contributed by atoms with Crippen LogP contribution in [0.3, 0.4) is 0 Å². The van der Waals surface area contributed by atoms with Gasteiger partial charge in [-0.3, -0.25) is 4.79 Å². The number of hydrogen-bond donors (Lipinski definition) is 0. The number of halogens is 1. The fourth-order valence-corrected chi connectivity index (χ4v) is 2.65. The molecule has 2 rings (SSSR count). The molecule has 0 heterocycles. The fraction of sp³-hybridized carbons (Fsp3) is 0.533. The van der Waals surface area contributed by atoms with E-state index < -0.39 is 0 Å². The standard InChI is InChI=1S/C15H19ClO3/c1-10-3-5-11(6-4-10)15(17)19-12-7-8-14(18-2)13(16)9-12/h7-11H,3-6H2,1-2H3. The molecule has 1 aliphatic rings. The van der Waals surface area contributed by atoms with Gasteiger partial charge in [0.25, 0.3) is 0 Å². The van der Waals surface area contributed by atoms with Crippen LogP contribution in [0.1, 0.15) is 32.6 Å². The molecule has 1 aliphatic carbocycles. The highest BCUT2D eigenvalue weighted by Crippen LogP contribution is 2.31. The summed E-state index contributed by atoms with van der Waals surface area (Å²) in [6, 6.07) is 5.02. The summed E-state index contributed by atoms with van der Waals surface area (Å²) >= 11 is 6.00. The van der Waals surface area contributed by atoms with Crippen LogP contribution in [-0.2, 0) is 4.79 Å². The maximum Gasteiger partial charge on any atom is 0.314 e. The Kier molecular flexibility index (Phi) is 4.70. The third kappa shape index (κ3) is 3.63. The molecule has 0 aromatic heterocycles. The molecule has 0 unspecified atom stereocenters. The first-order valence-electron chi connectivity index (χ1n) is 6.65. The minimum atomic E-state index is -0.145. The number of esters is 1. The average molecular weight is 283 g/mol. The molecule has 4 heteroatoms. The van der Waals surface area contributed by atoms with Gasteiger partial charge in [0.1, 0.15) is 11.5 Å². The van der Waals surface area contributed by atoms with Crippen molar-refractivity contribution in [3.8, 4) is 11.5 Å². The Hall–Kier alpha value is -1.22. The Morgan fingerprint density at radius 3 is 2.53 bits per heavy atom. The molecule has 0 spiro atoms. The third-order valence-corrected chi connectivity index (χ3v) is 3.99. The Balaban J connectivity index is 1.97. The lowest BCUT2D eigenvalue weighted by Gasteiger charge is -2.24. The molecule has 0 bridgehead atoms. The lowest BCUT2D eigenvalue weighted by Crippen LogP contribution is -2.24. The topological polar surface area (TPSA) is 35.5 Å². The molecule has 104 valence electrons. The summed E-state index contributed by atoms with van der Waals surface area (Å²) in [4.78, 5) is 12.0. The maximum absolute atomic E-state index is 12.0. The SMILES string of the molecule is COc1ccc(OC(=O)C2CCC(C)CC2)cc1Cl. The van der Waals surface area contributed by atoms with Crippen molar-refractivity contribution in [1.29, 1.82) is 0 Å². The molecule has 1 fully saturated rings. The molecule has 3 nitrogen and oxygen atoms in total. The molecule has 0 aliphatic heterocycles. The van der Waals surface area contributed by atoms with Gasteiger partial charge in [-0.1, -0.05) is 18.5 Å². The molecule has 19 heavy (non-hydrogen) atoms. The Morgan fingerprint density at radius 1 is 1.26 bits per heavy atom. The highest BCUT2D eigenvalue weighted by Gasteiger charge is 2.26. The van der Waals surface area contributed by atoms with Crippen LogP contribution in [0, 0.1) is 11.8 Å². The van der Waals surface area contributed by atoms with Crippen molar-refractivity contribution in [3.63, 3.8) is 0 Å². The van der Waals surface area contributed by atoms with Gasteiger partial charge in [-0.05, 0) is 43.7 Å². The number of ether oxygens (including phenoxy) is 2. The second kappa shape index (κ2) is 6.29. The monoisotopic (exact) mass is 282 g/mol. The summed E-state index contributed by atoms with van der Waals surface area (Å²) in [5.41, 5.74) is 0. The number of rotatable bonds is 3. The smallest absolute Gasteiger partial charge is 0.314 e. The zero-order valence-corrected chi connectivity index (χ0v) is 12.1. The van der Waals surface area contributed by atoms with E-state index in [-0.39, 0.29) is 11.9 Å². The number of carbonyl (C=O) groups excluding carboxylic acids is 1. The van der Waals surface area contributed by atoms with Crippen LogP contribution < -0.4 is 9.47 Å². The van der Waals surface area contributed by atoms with Crippen molar-refractivity contribution < 1.29 is 14.3 Å². The van der Waals surface area contributed by atoms with E-state index in [9.17, 15) is 4.79 Å². The summed E-state index contributed by atoms with van der Waals surface area (Å²) in [5, 5.41) is 0.449. The van der Waals surface area contributed by atoms with Crippen LogP contribution in [0.25, 0.3) is 0 Å². The molecule has 0 amide bonds. The lowest BCUT2D eigenvalue weighted by atomic mass is 9.83. The van der Waals surface area contributed by atoms with Crippen molar-refractivity contribution in [2.24, 2.45) is 11.8 Å². The van der Waals surface area contributed by atoms with E-state index in [1.54, 1.807) is 25.3 Å². The minimum Gasteiger partial charge on any atom is -0.495 e. The van der Waals surface area contributed by atoms with Gasteiger partial charge < -0.3 is 9.47 Å². The normalized spacial score (nSPS) is 22.9. The molecular weight excluding hydrogens is 264 g/mol. The summed E-state index contributed by atoms with van der Waals surface area (Å²) in [7, 11) is 1.55. The Labute approximate surface area is 118 Å². The molecule has 1 aromatic rings. The first kappa shape index (κ1) is 14.2. The number of hydrogen-bond acceptors (Lipinski definition) is 3. The quantitative estimate of drug-likeness (QED) is 0.619. The summed E-state index contributed by atoms with van der Waals surface area (Å²) in [5.74, 6) is 1.66. The van der Waals surface area contributed by atoms with E-state index in [2.05, 4.69) is 6.92 Å². The Bertz CT molecular complexity index is 451. The number of carbonyl (C=O) groups is 1. The third-order valence-electron chi connectivity index (χ3n) is 3.69. The molecule has 0 saturated heterocycles. The number of methoxy groups -OCH3 is 1. The largest absolute Gasteiger partial charge is 0.495 e. The molecule has 0 atom stereocenters. The van der Waals surface area contributed by atoms with E-state index in [1.807, 2.05) is 0 Å². The molecule has 1 saturated carbocycles. The van der Waals surface area contributed by atoms with Crippen LogP contribution in [0.15, 0.2) is 18.2 Å². The molecule has 0 radical (unpaired) electrons. The van der Waals surface area contributed by atoms with E-state index in [4.69, 9.17) is 21.1 Å². The zero-order valence-electron chi connectivity index (χ0n) is 11.3. The summed E-state index contributed by atoms with van der Waals surface area (Å²) < 4.78 is 10.5. The highest BCUT2D eigenvalue weighted by atomic mass is 35.5. The van der Waals surface area contributed by atoms with E-state index >= 15 is 0 Å². The lowest BCUT2D eigenvalue weighted by molar-refractivity contribution is -0.140. The van der Waals surface area contributed by atoms with Crippen LogP contribution in [0.2, 0.25) is 5.02 Å². The van der Waals surface area contributed by atoms with E-state index in [1.165, 1.54) is 0 Å². The first-order chi connectivity index (χ1) is 9.10. The molecular formula is C15H19ClO3. The summed E-state index contributed by atoms with van der Waals surface area (Å²) in [6.07, 6.45) is 4.04. The first-order valence-corrected chi connectivity index (χ1v) is 7.03. The second-order valence-corrected chi connectivity index (χ2v) is 5.58. The Morgan fingerprint density at radius 2 is 1.95 bits per heavy atom. The van der Waals surface area contributed by atoms with Gasteiger partial charge in [0.2, 0.25) is 0 Å². The van der Waals surface area contributed by atoms with Crippen molar-refractivity contribution in [2.75, 3.05) is 7.11 Å². The van der Waals surface area contributed by atoms with Crippen molar-refractivity contribution in [2.45, 2.75) is 32.6 Å². The van der Waals surface area contributed by atoms with Gasteiger partial charge in [0.15, 0.2) is 0 Å². The van der Waals surface area contributed by atoms with Gasteiger partial charge in [0, 0.05) is 6.07 Å². The predicted molar refractivity (Wildman–Crippen MR) is 74.8 cm³/mol. The second-order valence-electron chi connectivity index (χ2n) is 5.17. The minimum absolute atomic E-state index is 0.0251. The predicted octanol–water partition coefficient (Wildman–Crippen LogP) is 4.08. The van der Waals surface area contributed by atoms with Gasteiger partial charge in [-0.15, -0.1) is 0 Å². The average Bonchev–Trinajstić information content (AvgIpc) is 2.39. The van der Waals surface area contributed by atoms with Crippen LogP contribution in [0.4, 0.5) is 0 Å². The van der Waals surface area contributed by atoms with Crippen LogP contribution in [0.5, 0.6) is 11.5 Å². The van der Waals surface area contributed by atoms with Crippen molar-refractivity contribution in [1.82, 2.24) is 0 Å². The van der Waals surface area contributed by atoms with E-state index in [0.29, 0.717) is 16.5 Å². The maximum atomic E-state index is 12.0. The van der Waals surface area contributed by atoms with Gasteiger partial charge >= 0.3 is 5.97 Å². The van der Waals surface area contributed by atoms with Crippen molar-refractivity contribution >= 4 is 17.6 Å². The van der Waals surface area contributed by atoms with Crippen LogP contribution >= 0.6 is 11.6 Å². The van der Waals surface area contributed by atoms with Crippen LogP contribution in [-0.4, -0.2) is 13.1 Å². The zero-order chi connectivity index (χ0) is 13.8.